The molecule has 0 fully saturated rings. The maximum Gasteiger partial charge on any atom is 0.261 e. The first kappa shape index (κ1) is 30.8. The molecular weight excluding hydrogens is 621 g/mol. The lowest BCUT2D eigenvalue weighted by atomic mass is 10.0. The van der Waals surface area contributed by atoms with Crippen LogP contribution in [0.3, 0.4) is 0 Å². The summed E-state index contributed by atoms with van der Waals surface area (Å²) in [6.45, 7) is 1.67. The minimum atomic E-state index is -1.66. The summed E-state index contributed by atoms with van der Waals surface area (Å²) in [5.41, 5.74) is 2.39. The number of hydrogen-bond donors (Lipinski definition) is 0. The van der Waals surface area contributed by atoms with Crippen LogP contribution < -0.4 is 10.3 Å². The molecule has 3 heterocycles. The molecule has 0 saturated heterocycles. The Hall–Kier alpha value is -5.16. The van der Waals surface area contributed by atoms with Crippen molar-refractivity contribution in [2.75, 3.05) is 13.7 Å². The minimum absolute atomic E-state index is 0.0787. The van der Waals surface area contributed by atoms with Crippen LogP contribution in [0.5, 0.6) is 5.75 Å². The summed E-state index contributed by atoms with van der Waals surface area (Å²) >= 11 is 6.49. The fraction of sp³-hybridized carbons (Fsp3) is 0.176. The predicted molar refractivity (Wildman–Crippen MR) is 164 cm³/mol. The van der Waals surface area contributed by atoms with Crippen LogP contribution in [0, 0.1) is 24.4 Å². The van der Waals surface area contributed by atoms with E-state index in [-0.39, 0.29) is 46.7 Å². The van der Waals surface area contributed by atoms with Crippen LogP contribution in [-0.2, 0) is 6.42 Å². The molecule has 0 aliphatic carbocycles. The molecule has 0 radical (unpaired) electrons. The quantitative estimate of drug-likeness (QED) is 0.139. The number of methoxy groups -OCH3 is 1. The Morgan fingerprint density at radius 3 is 2.20 bits per heavy atom. The number of imidazole rings is 1. The normalized spacial score (nSPS) is 13.3. The molecule has 3 aromatic carbocycles. The van der Waals surface area contributed by atoms with Gasteiger partial charge in [0.25, 0.3) is 17.4 Å². The van der Waals surface area contributed by atoms with Crippen molar-refractivity contribution < 1.29 is 27.5 Å². The Labute approximate surface area is 266 Å². The zero-order valence-corrected chi connectivity index (χ0v) is 25.4. The van der Waals surface area contributed by atoms with E-state index in [0.717, 1.165) is 28.4 Å². The third-order valence-corrected chi connectivity index (χ3v) is 8.15. The van der Waals surface area contributed by atoms with Gasteiger partial charge >= 0.3 is 0 Å². The molecule has 8 nitrogen and oxygen atoms in total. The van der Waals surface area contributed by atoms with E-state index in [9.17, 15) is 27.6 Å². The van der Waals surface area contributed by atoms with Crippen molar-refractivity contribution in [3.8, 4) is 11.4 Å². The van der Waals surface area contributed by atoms with Gasteiger partial charge in [-0.25, -0.2) is 18.2 Å². The molecule has 234 valence electrons. The number of aromatic nitrogens is 3. The average Bonchev–Trinajstić information content (AvgIpc) is 3.58. The first-order valence-electron chi connectivity index (χ1n) is 14.2. The van der Waals surface area contributed by atoms with Gasteiger partial charge < -0.3 is 13.9 Å². The molecule has 46 heavy (non-hydrogen) atoms. The number of nitrogens with zero attached hydrogens (tertiary/aromatic N) is 4. The number of carbonyl (C=O) groups excluding carboxylic acids is 2. The largest absolute Gasteiger partial charge is 0.495 e. The third-order valence-electron chi connectivity index (χ3n) is 7.94. The van der Waals surface area contributed by atoms with E-state index in [2.05, 4.69) is 4.98 Å². The summed E-state index contributed by atoms with van der Waals surface area (Å²) in [5, 5.41) is 0.154. The van der Waals surface area contributed by atoms with Crippen molar-refractivity contribution in [2.24, 2.45) is 0 Å². The number of amides is 2. The Balaban J connectivity index is 1.37. The summed E-state index contributed by atoms with van der Waals surface area (Å²) < 4.78 is 51.5. The van der Waals surface area contributed by atoms with E-state index in [4.69, 9.17) is 16.3 Å². The molecule has 0 N–H and O–H groups in total. The zero-order valence-electron chi connectivity index (χ0n) is 24.6. The summed E-state index contributed by atoms with van der Waals surface area (Å²) in [6, 6.07) is 13.7. The van der Waals surface area contributed by atoms with E-state index in [1.807, 2.05) is 29.8 Å². The number of halogens is 4. The van der Waals surface area contributed by atoms with Gasteiger partial charge in [0.15, 0.2) is 17.5 Å². The van der Waals surface area contributed by atoms with Crippen molar-refractivity contribution in [1.82, 2.24) is 19.0 Å². The van der Waals surface area contributed by atoms with E-state index >= 15 is 0 Å². The van der Waals surface area contributed by atoms with Gasteiger partial charge in [-0.3, -0.25) is 19.3 Å². The molecular formula is C34H26ClF3N4O4. The molecule has 1 atom stereocenters. The zero-order chi connectivity index (χ0) is 32.7. The molecule has 0 saturated carbocycles. The standard InChI is InChI=1S/C34H26ClF3N4O4/c1-19-16-40(18-39-19)29-8-7-20(12-30(29)46-2)11-22-13-23(35)17-42(32(22)43)28(21-14-26(36)31(38)27(37)15-21)9-10-41-33(44)24-5-3-4-6-25(24)34(41)45/h3-8,12-18,28H,9-11H2,1-2H3. The molecule has 6 rings (SSSR count). The topological polar surface area (TPSA) is 86.4 Å². The first-order valence-corrected chi connectivity index (χ1v) is 14.6. The van der Waals surface area contributed by atoms with Gasteiger partial charge in [-0.1, -0.05) is 29.8 Å². The molecule has 2 amide bonds. The Morgan fingerprint density at radius 1 is 0.913 bits per heavy atom. The lowest BCUT2D eigenvalue weighted by Crippen LogP contribution is -2.34. The number of rotatable bonds is 9. The first-order chi connectivity index (χ1) is 22.0. The van der Waals surface area contributed by atoms with Crippen LogP contribution in [0.2, 0.25) is 5.02 Å². The Morgan fingerprint density at radius 2 is 1.59 bits per heavy atom. The molecule has 1 aliphatic rings. The molecule has 1 aliphatic heterocycles. The highest BCUT2D eigenvalue weighted by molar-refractivity contribution is 6.30. The highest BCUT2D eigenvalue weighted by atomic mass is 35.5. The lowest BCUT2D eigenvalue weighted by Gasteiger charge is -2.24. The SMILES string of the molecule is COc1cc(Cc2cc(Cl)cn(C(CCN3C(=O)c4ccccc4C3=O)c3cc(F)c(F)c(F)c3)c2=O)ccc1-n1cnc(C)c1. The molecule has 5 aromatic rings. The molecule has 1 unspecified atom stereocenters. The van der Waals surface area contributed by atoms with E-state index in [1.165, 1.54) is 36.1 Å². The van der Waals surface area contributed by atoms with Crippen LogP contribution in [0.4, 0.5) is 13.2 Å². The maximum absolute atomic E-state index is 14.5. The smallest absolute Gasteiger partial charge is 0.261 e. The van der Waals surface area contributed by atoms with Gasteiger partial charge in [0.05, 0.1) is 47.0 Å². The number of ether oxygens (including phenoxy) is 1. The van der Waals surface area contributed by atoms with E-state index in [0.29, 0.717) is 11.3 Å². The van der Waals surface area contributed by atoms with Crippen molar-refractivity contribution in [1.29, 1.82) is 0 Å². The number of aryl methyl sites for hydroxylation is 1. The van der Waals surface area contributed by atoms with Crippen LogP contribution in [0.25, 0.3) is 5.69 Å². The van der Waals surface area contributed by atoms with Crippen molar-refractivity contribution in [3.05, 3.63) is 146 Å². The van der Waals surface area contributed by atoms with Crippen molar-refractivity contribution >= 4 is 23.4 Å². The Bertz CT molecular complexity index is 2020. The summed E-state index contributed by atoms with van der Waals surface area (Å²) in [4.78, 5) is 45.3. The number of fused-ring (bicyclic) bond motifs is 1. The number of hydrogen-bond acceptors (Lipinski definition) is 5. The molecule has 2 aromatic heterocycles. The maximum atomic E-state index is 14.5. The number of pyridine rings is 1. The number of carbonyl (C=O) groups is 2. The Kier molecular flexibility index (Phi) is 8.26. The van der Waals surface area contributed by atoms with Gasteiger partial charge in [0.2, 0.25) is 0 Å². The van der Waals surface area contributed by atoms with Gasteiger partial charge in [-0.2, -0.15) is 0 Å². The second-order valence-corrected chi connectivity index (χ2v) is 11.3. The monoisotopic (exact) mass is 646 g/mol. The molecule has 0 spiro atoms. The van der Waals surface area contributed by atoms with Gasteiger partial charge in [-0.05, 0) is 66.9 Å². The molecule has 12 heteroatoms. The van der Waals surface area contributed by atoms with Gasteiger partial charge in [0, 0.05) is 30.9 Å². The van der Waals surface area contributed by atoms with E-state index in [1.54, 1.807) is 24.5 Å². The van der Waals surface area contributed by atoms with Gasteiger partial charge in [-0.15, -0.1) is 0 Å². The molecule has 0 bridgehead atoms. The third kappa shape index (κ3) is 5.69. The van der Waals surface area contributed by atoms with Crippen molar-refractivity contribution in [2.45, 2.75) is 25.8 Å². The fourth-order valence-electron chi connectivity index (χ4n) is 5.73. The summed E-state index contributed by atoms with van der Waals surface area (Å²) in [6.07, 6.45) is 4.81. The predicted octanol–water partition coefficient (Wildman–Crippen LogP) is 6.29. The number of benzene rings is 3. The second-order valence-electron chi connectivity index (χ2n) is 10.9. The van der Waals surface area contributed by atoms with E-state index < -0.39 is 40.9 Å². The van der Waals surface area contributed by atoms with Crippen molar-refractivity contribution in [3.63, 3.8) is 0 Å². The fourth-order valence-corrected chi connectivity index (χ4v) is 5.96. The lowest BCUT2D eigenvalue weighted by molar-refractivity contribution is 0.0648. The van der Waals surface area contributed by atoms with Crippen LogP contribution in [0.1, 0.15) is 55.6 Å². The van der Waals surface area contributed by atoms with Crippen LogP contribution in [0.15, 0.2) is 84.2 Å². The highest BCUT2D eigenvalue weighted by Crippen LogP contribution is 2.30. The number of imide groups is 1. The van der Waals surface area contributed by atoms with Crippen LogP contribution >= 0.6 is 11.6 Å². The summed E-state index contributed by atoms with van der Waals surface area (Å²) in [7, 11) is 1.53. The minimum Gasteiger partial charge on any atom is -0.495 e. The van der Waals surface area contributed by atoms with Crippen LogP contribution in [-0.4, -0.2) is 44.5 Å². The highest BCUT2D eigenvalue weighted by Gasteiger charge is 2.35. The summed E-state index contributed by atoms with van der Waals surface area (Å²) in [5.74, 6) is -5.08. The average molecular weight is 647 g/mol. The van der Waals surface area contributed by atoms with Gasteiger partial charge in [0.1, 0.15) is 5.75 Å². The second kappa shape index (κ2) is 12.3.